The molecule has 0 aromatic heterocycles. The van der Waals surface area contributed by atoms with Crippen molar-refractivity contribution in [1.82, 2.24) is 0 Å². The molecule has 16 heavy (non-hydrogen) atoms. The van der Waals surface area contributed by atoms with Crippen molar-refractivity contribution in [3.8, 4) is 0 Å². The number of aliphatic hydroxyl groups is 2. The Morgan fingerprint density at radius 3 is 0.938 bits per heavy atom. The van der Waals surface area contributed by atoms with E-state index in [0.717, 1.165) is 0 Å². The van der Waals surface area contributed by atoms with Crippen molar-refractivity contribution in [3.05, 3.63) is 0 Å². The third-order valence-corrected chi connectivity index (χ3v) is 4.26. The lowest BCUT2D eigenvalue weighted by Gasteiger charge is -2.34. The Hall–Kier alpha value is -0.0800. The molecule has 2 nitrogen and oxygen atoms in total. The number of hydrogen-bond acceptors (Lipinski definition) is 2. The minimum Gasteiger partial charge on any atom is -0.392 e. The molecule has 0 heterocycles. The Morgan fingerprint density at radius 2 is 0.750 bits per heavy atom. The van der Waals surface area contributed by atoms with Crippen LogP contribution in [0.2, 0.25) is 0 Å². The van der Waals surface area contributed by atoms with Gasteiger partial charge in [0.15, 0.2) is 0 Å². The van der Waals surface area contributed by atoms with E-state index in [0.29, 0.717) is 11.8 Å². The van der Waals surface area contributed by atoms with E-state index in [1.165, 1.54) is 0 Å². The van der Waals surface area contributed by atoms with E-state index in [2.05, 4.69) is 41.5 Å². The maximum atomic E-state index is 10.2. The molecule has 0 rings (SSSR count). The quantitative estimate of drug-likeness (QED) is 0.736. The summed E-state index contributed by atoms with van der Waals surface area (Å²) in [6.07, 6.45) is -0.840. The third kappa shape index (κ3) is 4.06. The smallest absolute Gasteiger partial charge is 0.0618 e. The molecule has 0 bridgehead atoms. The third-order valence-electron chi connectivity index (χ3n) is 4.26. The second-order valence-electron chi connectivity index (χ2n) is 6.05. The van der Waals surface area contributed by atoms with Gasteiger partial charge in [-0.3, -0.25) is 0 Å². The first-order chi connectivity index (χ1) is 7.20. The predicted octanol–water partition coefficient (Wildman–Crippen LogP) is 2.93. The second kappa shape index (κ2) is 6.61. The lowest BCUT2D eigenvalue weighted by Crippen LogP contribution is -2.40. The zero-order valence-corrected chi connectivity index (χ0v) is 11.9. The van der Waals surface area contributed by atoms with Crippen LogP contribution in [0.15, 0.2) is 0 Å². The van der Waals surface area contributed by atoms with E-state index in [1.54, 1.807) is 0 Å². The van der Waals surface area contributed by atoms with Gasteiger partial charge >= 0.3 is 0 Å². The van der Waals surface area contributed by atoms with Crippen molar-refractivity contribution in [2.45, 2.75) is 60.7 Å². The van der Waals surface area contributed by atoms with Crippen molar-refractivity contribution < 1.29 is 10.2 Å². The van der Waals surface area contributed by atoms with Crippen molar-refractivity contribution in [2.24, 2.45) is 29.6 Å². The van der Waals surface area contributed by atoms with Gasteiger partial charge in [0.2, 0.25) is 0 Å². The summed E-state index contributed by atoms with van der Waals surface area (Å²) in [5.74, 6) is 1.28. The first-order valence-electron chi connectivity index (χ1n) is 6.56. The maximum absolute atomic E-state index is 10.2. The van der Waals surface area contributed by atoms with Crippen LogP contribution in [0.3, 0.4) is 0 Å². The Bertz CT molecular complexity index is 169. The summed E-state index contributed by atoms with van der Waals surface area (Å²) in [6.45, 7) is 14.5. The molecule has 0 aliphatic heterocycles. The number of aliphatic hydroxyl groups excluding tert-OH is 2. The van der Waals surface area contributed by atoms with Gasteiger partial charge in [-0.25, -0.2) is 0 Å². The summed E-state index contributed by atoms with van der Waals surface area (Å²) >= 11 is 0. The highest BCUT2D eigenvalue weighted by molar-refractivity contribution is 4.81. The van der Waals surface area contributed by atoms with Crippen LogP contribution in [0, 0.1) is 29.6 Å². The van der Waals surface area contributed by atoms with Crippen molar-refractivity contribution in [3.63, 3.8) is 0 Å². The summed E-state index contributed by atoms with van der Waals surface area (Å²) in [7, 11) is 0. The van der Waals surface area contributed by atoms with Crippen LogP contribution < -0.4 is 0 Å². The highest BCUT2D eigenvalue weighted by atomic mass is 16.3. The van der Waals surface area contributed by atoms with Crippen LogP contribution in [-0.2, 0) is 0 Å². The Kier molecular flexibility index (Phi) is 6.57. The summed E-state index contributed by atoms with van der Waals surface area (Å²) in [5, 5.41) is 20.4. The molecule has 2 heteroatoms. The second-order valence-corrected chi connectivity index (χ2v) is 6.05. The standard InChI is InChI=1S/C14H30O2/c1-8(2)10(5)13(15)12(7)14(16)11(6)9(3)4/h8-16H,1-7H3. The Labute approximate surface area is 101 Å². The molecule has 4 unspecified atom stereocenters. The fourth-order valence-electron chi connectivity index (χ4n) is 1.95. The van der Waals surface area contributed by atoms with Crippen LogP contribution in [0.5, 0.6) is 0 Å². The SMILES string of the molecule is CC(C)C(C)C(O)C(C)C(O)C(C)C(C)C. The molecule has 0 fully saturated rings. The molecule has 0 radical (unpaired) electrons. The lowest BCUT2D eigenvalue weighted by atomic mass is 9.78. The van der Waals surface area contributed by atoms with Gasteiger partial charge < -0.3 is 10.2 Å². The first kappa shape index (κ1) is 15.9. The topological polar surface area (TPSA) is 40.5 Å². The van der Waals surface area contributed by atoms with Crippen molar-refractivity contribution >= 4 is 0 Å². The largest absolute Gasteiger partial charge is 0.392 e. The van der Waals surface area contributed by atoms with Crippen LogP contribution in [0.1, 0.15) is 48.5 Å². The minimum absolute atomic E-state index is 0.0604. The fraction of sp³-hybridized carbons (Fsp3) is 1.00. The van der Waals surface area contributed by atoms with E-state index in [1.807, 2.05) is 6.92 Å². The van der Waals surface area contributed by atoms with Gasteiger partial charge in [-0.1, -0.05) is 48.5 Å². The average Bonchev–Trinajstić information content (AvgIpc) is 2.23. The summed E-state index contributed by atoms with van der Waals surface area (Å²) in [4.78, 5) is 0. The molecule has 4 atom stereocenters. The Morgan fingerprint density at radius 1 is 0.500 bits per heavy atom. The normalized spacial score (nSPS) is 21.9. The van der Waals surface area contributed by atoms with Crippen LogP contribution in [0.4, 0.5) is 0 Å². The lowest BCUT2D eigenvalue weighted by molar-refractivity contribution is -0.0445. The summed E-state index contributed by atoms with van der Waals surface area (Å²) in [5.41, 5.74) is 0. The predicted molar refractivity (Wildman–Crippen MR) is 69.2 cm³/mol. The molecule has 0 spiro atoms. The van der Waals surface area contributed by atoms with Gasteiger partial charge in [-0.2, -0.15) is 0 Å². The molecular formula is C14H30O2. The molecule has 0 aromatic carbocycles. The van der Waals surface area contributed by atoms with Crippen LogP contribution in [0.25, 0.3) is 0 Å². The first-order valence-corrected chi connectivity index (χ1v) is 6.56. The van der Waals surface area contributed by atoms with Crippen molar-refractivity contribution in [2.75, 3.05) is 0 Å². The van der Waals surface area contributed by atoms with Gasteiger partial charge in [0.25, 0.3) is 0 Å². The molecule has 0 saturated carbocycles. The summed E-state index contributed by atoms with van der Waals surface area (Å²) < 4.78 is 0. The van der Waals surface area contributed by atoms with E-state index < -0.39 is 12.2 Å². The maximum Gasteiger partial charge on any atom is 0.0618 e. The average molecular weight is 230 g/mol. The van der Waals surface area contributed by atoms with Crippen molar-refractivity contribution in [1.29, 1.82) is 0 Å². The zero-order valence-electron chi connectivity index (χ0n) is 11.9. The number of rotatable bonds is 6. The molecular weight excluding hydrogens is 200 g/mol. The minimum atomic E-state index is -0.420. The highest BCUT2D eigenvalue weighted by Gasteiger charge is 2.32. The highest BCUT2D eigenvalue weighted by Crippen LogP contribution is 2.28. The monoisotopic (exact) mass is 230 g/mol. The van der Waals surface area contributed by atoms with E-state index in [4.69, 9.17) is 0 Å². The molecule has 98 valence electrons. The molecule has 0 aromatic rings. The van der Waals surface area contributed by atoms with E-state index >= 15 is 0 Å². The number of hydrogen-bond donors (Lipinski definition) is 2. The Balaban J connectivity index is 4.48. The van der Waals surface area contributed by atoms with Gasteiger partial charge in [-0.05, 0) is 23.7 Å². The van der Waals surface area contributed by atoms with E-state index in [-0.39, 0.29) is 17.8 Å². The fourth-order valence-corrected chi connectivity index (χ4v) is 1.95. The zero-order chi connectivity index (χ0) is 13.0. The van der Waals surface area contributed by atoms with Crippen LogP contribution in [-0.4, -0.2) is 22.4 Å². The van der Waals surface area contributed by atoms with Gasteiger partial charge in [0.1, 0.15) is 0 Å². The molecule has 0 amide bonds. The molecule has 0 saturated heterocycles. The van der Waals surface area contributed by atoms with E-state index in [9.17, 15) is 10.2 Å². The summed E-state index contributed by atoms with van der Waals surface area (Å²) in [6, 6.07) is 0. The molecule has 0 aliphatic carbocycles. The van der Waals surface area contributed by atoms with Crippen LogP contribution >= 0.6 is 0 Å². The molecule has 0 aliphatic rings. The van der Waals surface area contributed by atoms with Gasteiger partial charge in [-0.15, -0.1) is 0 Å². The molecule has 2 N–H and O–H groups in total. The van der Waals surface area contributed by atoms with Gasteiger partial charge in [0.05, 0.1) is 12.2 Å². The van der Waals surface area contributed by atoms with Gasteiger partial charge in [0, 0.05) is 5.92 Å².